The van der Waals surface area contributed by atoms with Crippen LogP contribution in [-0.4, -0.2) is 23.8 Å². The van der Waals surface area contributed by atoms with E-state index in [2.05, 4.69) is 60.8 Å². The van der Waals surface area contributed by atoms with Crippen LogP contribution in [0.4, 0.5) is 0 Å². The van der Waals surface area contributed by atoms with E-state index in [1.165, 1.54) is 11.1 Å². The SMILES string of the molecule is CCNC(CCO)(Cc1ccccc1)Cc1ccccc1. The van der Waals surface area contributed by atoms with Crippen molar-refractivity contribution in [2.75, 3.05) is 13.2 Å². The zero-order chi connectivity index (χ0) is 15.0. The minimum Gasteiger partial charge on any atom is -0.396 e. The van der Waals surface area contributed by atoms with Crippen LogP contribution in [0.25, 0.3) is 0 Å². The van der Waals surface area contributed by atoms with Crippen LogP contribution in [0, 0.1) is 0 Å². The van der Waals surface area contributed by atoms with Gasteiger partial charge in [0.25, 0.3) is 0 Å². The molecule has 2 aromatic carbocycles. The van der Waals surface area contributed by atoms with Gasteiger partial charge in [0.15, 0.2) is 0 Å². The second kappa shape index (κ2) is 7.96. The minimum absolute atomic E-state index is 0.0911. The van der Waals surface area contributed by atoms with Crippen LogP contribution >= 0.6 is 0 Å². The molecule has 0 heterocycles. The fraction of sp³-hybridized carbons (Fsp3) is 0.368. The third kappa shape index (κ3) is 4.69. The number of hydrogen-bond acceptors (Lipinski definition) is 2. The van der Waals surface area contributed by atoms with Crippen molar-refractivity contribution < 1.29 is 5.11 Å². The molecule has 0 aliphatic heterocycles. The van der Waals surface area contributed by atoms with Crippen molar-refractivity contribution in [1.29, 1.82) is 0 Å². The molecule has 0 radical (unpaired) electrons. The zero-order valence-electron chi connectivity index (χ0n) is 12.8. The highest BCUT2D eigenvalue weighted by atomic mass is 16.3. The predicted molar refractivity (Wildman–Crippen MR) is 88.4 cm³/mol. The Balaban J connectivity index is 2.23. The van der Waals surface area contributed by atoms with Gasteiger partial charge in [-0.1, -0.05) is 67.6 Å². The lowest BCUT2D eigenvalue weighted by atomic mass is 9.82. The predicted octanol–water partition coefficient (Wildman–Crippen LogP) is 3.20. The molecule has 0 fully saturated rings. The van der Waals surface area contributed by atoms with Crippen molar-refractivity contribution in [2.24, 2.45) is 0 Å². The summed E-state index contributed by atoms with van der Waals surface area (Å²) in [5.74, 6) is 0. The highest BCUT2D eigenvalue weighted by Gasteiger charge is 2.29. The van der Waals surface area contributed by atoms with Crippen molar-refractivity contribution in [2.45, 2.75) is 31.7 Å². The van der Waals surface area contributed by atoms with Crippen molar-refractivity contribution in [3.63, 3.8) is 0 Å². The summed E-state index contributed by atoms with van der Waals surface area (Å²) in [6.07, 6.45) is 2.61. The Bertz CT molecular complexity index is 460. The van der Waals surface area contributed by atoms with E-state index in [4.69, 9.17) is 0 Å². The number of aliphatic hydroxyl groups is 1. The summed E-state index contributed by atoms with van der Waals surface area (Å²) in [5, 5.41) is 13.2. The van der Waals surface area contributed by atoms with Gasteiger partial charge in [0.05, 0.1) is 0 Å². The minimum atomic E-state index is -0.0911. The van der Waals surface area contributed by atoms with E-state index < -0.39 is 0 Å². The van der Waals surface area contributed by atoms with Gasteiger partial charge in [0, 0.05) is 12.1 Å². The molecule has 112 valence electrons. The van der Waals surface area contributed by atoms with E-state index in [-0.39, 0.29) is 12.1 Å². The number of aliphatic hydroxyl groups excluding tert-OH is 1. The molecule has 0 aliphatic carbocycles. The number of benzene rings is 2. The first kappa shape index (κ1) is 15.7. The third-order valence-electron chi connectivity index (χ3n) is 3.91. The largest absolute Gasteiger partial charge is 0.396 e. The summed E-state index contributed by atoms with van der Waals surface area (Å²) in [7, 11) is 0. The molecule has 2 nitrogen and oxygen atoms in total. The molecule has 0 saturated carbocycles. The Morgan fingerprint density at radius 1 is 0.857 bits per heavy atom. The average molecular weight is 283 g/mol. The number of nitrogens with one attached hydrogen (secondary N) is 1. The molecule has 0 saturated heterocycles. The fourth-order valence-electron chi connectivity index (χ4n) is 3.01. The maximum absolute atomic E-state index is 9.54. The maximum Gasteiger partial charge on any atom is 0.0448 e. The number of rotatable bonds is 8. The van der Waals surface area contributed by atoms with Gasteiger partial charge >= 0.3 is 0 Å². The van der Waals surface area contributed by atoms with Crippen LogP contribution in [0.5, 0.6) is 0 Å². The standard InChI is InChI=1S/C19H25NO/c1-2-20-19(13-14-21,15-17-9-5-3-6-10-17)16-18-11-7-4-8-12-18/h3-12,20-21H,2,13-16H2,1H3. The van der Waals surface area contributed by atoms with Gasteiger partial charge < -0.3 is 10.4 Å². The maximum atomic E-state index is 9.54. The first-order chi connectivity index (χ1) is 10.3. The molecule has 21 heavy (non-hydrogen) atoms. The number of hydrogen-bond donors (Lipinski definition) is 2. The van der Waals surface area contributed by atoms with Crippen molar-refractivity contribution in [3.05, 3.63) is 71.8 Å². The molecular formula is C19H25NO. The van der Waals surface area contributed by atoms with Gasteiger partial charge in [0.1, 0.15) is 0 Å². The van der Waals surface area contributed by atoms with E-state index in [9.17, 15) is 5.11 Å². The molecule has 0 aliphatic rings. The van der Waals surface area contributed by atoms with Gasteiger partial charge in [-0.25, -0.2) is 0 Å². The van der Waals surface area contributed by atoms with E-state index >= 15 is 0 Å². The normalized spacial score (nSPS) is 11.5. The molecule has 0 spiro atoms. The Morgan fingerprint density at radius 2 is 1.33 bits per heavy atom. The summed E-state index contributed by atoms with van der Waals surface area (Å²) < 4.78 is 0. The summed E-state index contributed by atoms with van der Waals surface area (Å²) >= 11 is 0. The molecule has 2 aromatic rings. The number of likely N-dealkylation sites (N-methyl/N-ethyl adjacent to an activating group) is 1. The van der Waals surface area contributed by atoms with Gasteiger partial charge in [-0.2, -0.15) is 0 Å². The molecule has 0 amide bonds. The molecular weight excluding hydrogens is 258 g/mol. The fourth-order valence-corrected chi connectivity index (χ4v) is 3.01. The van der Waals surface area contributed by atoms with E-state index in [0.29, 0.717) is 0 Å². The summed E-state index contributed by atoms with van der Waals surface area (Å²) in [5.41, 5.74) is 2.53. The van der Waals surface area contributed by atoms with Gasteiger partial charge in [-0.05, 0) is 36.9 Å². The molecule has 0 aromatic heterocycles. The second-order valence-corrected chi connectivity index (χ2v) is 5.61. The van der Waals surface area contributed by atoms with Crippen LogP contribution in [0.1, 0.15) is 24.5 Å². The van der Waals surface area contributed by atoms with E-state index in [1.54, 1.807) is 0 Å². The Hall–Kier alpha value is -1.64. The highest BCUT2D eigenvalue weighted by Crippen LogP contribution is 2.23. The van der Waals surface area contributed by atoms with Crippen molar-refractivity contribution in [3.8, 4) is 0 Å². The second-order valence-electron chi connectivity index (χ2n) is 5.61. The van der Waals surface area contributed by atoms with Crippen LogP contribution in [-0.2, 0) is 12.8 Å². The topological polar surface area (TPSA) is 32.3 Å². The van der Waals surface area contributed by atoms with Gasteiger partial charge in [-0.15, -0.1) is 0 Å². The van der Waals surface area contributed by atoms with Crippen LogP contribution in [0.2, 0.25) is 0 Å². The Morgan fingerprint density at radius 3 is 1.71 bits per heavy atom. The highest BCUT2D eigenvalue weighted by molar-refractivity contribution is 5.23. The lowest BCUT2D eigenvalue weighted by Gasteiger charge is -2.35. The molecule has 0 unspecified atom stereocenters. The Labute approximate surface area is 127 Å². The summed E-state index contributed by atoms with van der Waals surface area (Å²) in [6.45, 7) is 3.23. The monoisotopic (exact) mass is 283 g/mol. The molecule has 2 heteroatoms. The molecule has 0 atom stereocenters. The van der Waals surface area contributed by atoms with Crippen molar-refractivity contribution in [1.82, 2.24) is 5.32 Å². The smallest absolute Gasteiger partial charge is 0.0448 e. The zero-order valence-corrected chi connectivity index (χ0v) is 12.8. The quantitative estimate of drug-likeness (QED) is 0.780. The molecule has 0 bridgehead atoms. The average Bonchev–Trinajstić information content (AvgIpc) is 2.50. The first-order valence-corrected chi connectivity index (χ1v) is 7.72. The third-order valence-corrected chi connectivity index (χ3v) is 3.91. The van der Waals surface area contributed by atoms with Crippen LogP contribution in [0.3, 0.4) is 0 Å². The lowest BCUT2D eigenvalue weighted by molar-refractivity contribution is 0.207. The van der Waals surface area contributed by atoms with Gasteiger partial charge in [0.2, 0.25) is 0 Å². The molecule has 2 rings (SSSR count). The molecule has 2 N–H and O–H groups in total. The first-order valence-electron chi connectivity index (χ1n) is 7.72. The van der Waals surface area contributed by atoms with Crippen LogP contribution in [0.15, 0.2) is 60.7 Å². The van der Waals surface area contributed by atoms with E-state index in [1.807, 2.05) is 12.1 Å². The summed E-state index contributed by atoms with van der Waals surface area (Å²) in [4.78, 5) is 0. The van der Waals surface area contributed by atoms with E-state index in [0.717, 1.165) is 25.8 Å². The van der Waals surface area contributed by atoms with Crippen molar-refractivity contribution >= 4 is 0 Å². The lowest BCUT2D eigenvalue weighted by Crippen LogP contribution is -2.49. The van der Waals surface area contributed by atoms with Gasteiger partial charge in [-0.3, -0.25) is 0 Å². The Kier molecular flexibility index (Phi) is 5.97. The van der Waals surface area contributed by atoms with Crippen LogP contribution < -0.4 is 5.32 Å². The summed E-state index contributed by atoms with van der Waals surface area (Å²) in [6, 6.07) is 21.0.